The molecular weight excluding hydrogens is 496 g/mol. The number of aromatic hydroxyl groups is 1. The number of amides is 1. The minimum absolute atomic E-state index is 0.00187. The Bertz CT molecular complexity index is 1090. The molecule has 9 heteroatoms. The molecule has 0 radical (unpaired) electrons. The number of fused-ring (bicyclic) bond motifs is 1. The van der Waals surface area contributed by atoms with E-state index in [2.05, 4.69) is 40.0 Å². The van der Waals surface area contributed by atoms with Gasteiger partial charge in [0.2, 0.25) is 5.88 Å². The molecule has 0 fully saturated rings. The number of halogens is 2. The van der Waals surface area contributed by atoms with Crippen LogP contribution in [0.2, 0.25) is 5.02 Å². The molecule has 0 unspecified atom stereocenters. The number of quaternary nitrogens is 1. The van der Waals surface area contributed by atoms with Gasteiger partial charge < -0.3 is 14.7 Å². The Balaban J connectivity index is 1.83. The van der Waals surface area contributed by atoms with Crippen LogP contribution in [0.15, 0.2) is 57.2 Å². The van der Waals surface area contributed by atoms with Crippen molar-refractivity contribution in [1.82, 2.24) is 4.57 Å². The molecular formula is C23H27BrClN4O3+. The summed E-state index contributed by atoms with van der Waals surface area (Å²) in [6.45, 7) is 6.64. The van der Waals surface area contributed by atoms with Crippen LogP contribution in [0.5, 0.6) is 11.6 Å². The third-order valence-electron chi connectivity index (χ3n) is 5.00. The zero-order valence-electron chi connectivity index (χ0n) is 18.1. The summed E-state index contributed by atoms with van der Waals surface area (Å²) in [6, 6.07) is 12.4. The number of azo groups is 1. The van der Waals surface area contributed by atoms with Crippen molar-refractivity contribution in [2.75, 3.05) is 19.7 Å². The molecule has 3 rings (SSSR count). The van der Waals surface area contributed by atoms with Gasteiger partial charge in [-0.25, -0.2) is 0 Å². The summed E-state index contributed by atoms with van der Waals surface area (Å²) in [4.78, 5) is 13.6. The van der Waals surface area contributed by atoms with Crippen LogP contribution in [0.25, 0.3) is 10.9 Å². The highest BCUT2D eigenvalue weighted by Gasteiger charge is 2.20. The number of hydrogen-bond donors (Lipinski definition) is 2. The second-order valence-corrected chi connectivity index (χ2v) is 8.86. The molecule has 0 bridgehead atoms. The number of nitrogens with one attached hydrogen (secondary N) is 1. The SMILES string of the molecule is CCC[NH+](CCC)Cn1c(O)c(N=NC(=O)COc2ccc(Cl)cc2)c2cc(Br)ccc21. The molecule has 0 aliphatic rings. The van der Waals surface area contributed by atoms with E-state index >= 15 is 0 Å². The quantitative estimate of drug-likeness (QED) is 0.363. The second kappa shape index (κ2) is 11.4. The fourth-order valence-corrected chi connectivity index (χ4v) is 4.07. The molecule has 1 heterocycles. The van der Waals surface area contributed by atoms with Crippen molar-refractivity contribution in [1.29, 1.82) is 0 Å². The van der Waals surface area contributed by atoms with Crippen LogP contribution in [-0.2, 0) is 11.5 Å². The van der Waals surface area contributed by atoms with Gasteiger partial charge >= 0.3 is 5.91 Å². The van der Waals surface area contributed by atoms with E-state index in [-0.39, 0.29) is 18.2 Å². The number of carbonyl (C=O) groups is 1. The predicted octanol–water partition coefficient (Wildman–Crippen LogP) is 5.11. The summed E-state index contributed by atoms with van der Waals surface area (Å²) < 4.78 is 8.11. The highest BCUT2D eigenvalue weighted by Crippen LogP contribution is 2.39. The summed E-state index contributed by atoms with van der Waals surface area (Å²) in [6.07, 6.45) is 2.10. The van der Waals surface area contributed by atoms with Gasteiger partial charge in [-0.2, -0.15) is 0 Å². The molecule has 32 heavy (non-hydrogen) atoms. The van der Waals surface area contributed by atoms with Gasteiger partial charge in [0.05, 0.1) is 18.6 Å². The smallest absolute Gasteiger partial charge is 0.302 e. The molecule has 7 nitrogen and oxygen atoms in total. The minimum Gasteiger partial charge on any atom is -0.493 e. The lowest BCUT2D eigenvalue weighted by Gasteiger charge is -2.19. The van der Waals surface area contributed by atoms with Crippen LogP contribution >= 0.6 is 27.5 Å². The molecule has 0 spiro atoms. The first-order chi connectivity index (χ1) is 15.4. The number of carbonyl (C=O) groups excluding carboxylic acids is 1. The zero-order chi connectivity index (χ0) is 23.1. The molecule has 0 aliphatic carbocycles. The van der Waals surface area contributed by atoms with Gasteiger partial charge in [-0.1, -0.05) is 41.4 Å². The minimum atomic E-state index is -0.556. The normalized spacial score (nSPS) is 11.7. The maximum absolute atomic E-state index is 12.2. The number of ether oxygens (including phenoxy) is 1. The molecule has 0 saturated carbocycles. The van der Waals surface area contributed by atoms with Gasteiger partial charge in [0.15, 0.2) is 19.0 Å². The summed E-state index contributed by atoms with van der Waals surface area (Å²) >= 11 is 9.32. The van der Waals surface area contributed by atoms with Crippen LogP contribution in [0, 0.1) is 0 Å². The summed E-state index contributed by atoms with van der Waals surface area (Å²) in [5.41, 5.74) is 1.11. The van der Waals surface area contributed by atoms with Crippen molar-refractivity contribution >= 4 is 50.0 Å². The largest absolute Gasteiger partial charge is 0.493 e. The molecule has 1 amide bonds. The second-order valence-electron chi connectivity index (χ2n) is 7.51. The number of aromatic nitrogens is 1. The monoisotopic (exact) mass is 521 g/mol. The van der Waals surface area contributed by atoms with E-state index in [1.54, 1.807) is 24.3 Å². The number of rotatable bonds is 10. The third-order valence-corrected chi connectivity index (χ3v) is 5.74. The Morgan fingerprint density at radius 3 is 2.50 bits per heavy atom. The van der Waals surface area contributed by atoms with E-state index in [1.165, 1.54) is 4.90 Å². The van der Waals surface area contributed by atoms with Crippen molar-refractivity contribution in [2.24, 2.45) is 10.2 Å². The zero-order valence-corrected chi connectivity index (χ0v) is 20.5. The Morgan fingerprint density at radius 2 is 1.84 bits per heavy atom. The predicted molar refractivity (Wildman–Crippen MR) is 129 cm³/mol. The Morgan fingerprint density at radius 1 is 1.16 bits per heavy atom. The highest BCUT2D eigenvalue weighted by molar-refractivity contribution is 9.10. The van der Waals surface area contributed by atoms with E-state index in [9.17, 15) is 9.90 Å². The molecule has 0 atom stereocenters. The van der Waals surface area contributed by atoms with Crippen LogP contribution in [0.4, 0.5) is 5.69 Å². The van der Waals surface area contributed by atoms with E-state index in [0.717, 1.165) is 41.3 Å². The molecule has 170 valence electrons. The summed E-state index contributed by atoms with van der Waals surface area (Å²) in [7, 11) is 0. The highest BCUT2D eigenvalue weighted by atomic mass is 79.9. The molecule has 2 aromatic carbocycles. The van der Waals surface area contributed by atoms with E-state index in [0.29, 0.717) is 17.4 Å². The Hall–Kier alpha value is -2.42. The van der Waals surface area contributed by atoms with Gasteiger partial charge in [0, 0.05) is 14.9 Å². The molecule has 3 aromatic rings. The first kappa shape index (κ1) is 24.2. The van der Waals surface area contributed by atoms with Crippen LogP contribution in [-0.4, -0.2) is 35.3 Å². The molecule has 0 aliphatic heterocycles. The van der Waals surface area contributed by atoms with Crippen molar-refractivity contribution in [2.45, 2.75) is 33.4 Å². The van der Waals surface area contributed by atoms with Gasteiger partial charge in [-0.05, 0) is 55.3 Å². The molecule has 1 aromatic heterocycles. The third kappa shape index (κ3) is 6.09. The number of benzene rings is 2. The molecule has 0 saturated heterocycles. The van der Waals surface area contributed by atoms with Crippen LogP contribution in [0.3, 0.4) is 0 Å². The average molecular weight is 523 g/mol. The maximum atomic E-state index is 12.2. The van der Waals surface area contributed by atoms with Gasteiger partial charge in [0.25, 0.3) is 0 Å². The maximum Gasteiger partial charge on any atom is 0.302 e. The standard InChI is InChI=1S/C23H26BrClN4O3/c1-3-11-28(12-4-2)15-29-20-10-5-16(24)13-19(20)22(23(29)31)27-26-21(30)14-32-18-8-6-17(25)7-9-18/h5-10,13,31H,3-4,11-12,14-15H2,1-2H3/p+1. The van der Waals surface area contributed by atoms with Gasteiger partial charge in [-0.15, -0.1) is 10.2 Å². The van der Waals surface area contributed by atoms with Gasteiger partial charge in [-0.3, -0.25) is 9.36 Å². The average Bonchev–Trinajstić information content (AvgIpc) is 3.02. The fourth-order valence-electron chi connectivity index (χ4n) is 3.58. The van der Waals surface area contributed by atoms with Crippen molar-refractivity contribution in [3.63, 3.8) is 0 Å². The first-order valence-corrected chi connectivity index (χ1v) is 11.8. The first-order valence-electron chi connectivity index (χ1n) is 10.6. The van der Waals surface area contributed by atoms with Crippen LogP contribution < -0.4 is 9.64 Å². The van der Waals surface area contributed by atoms with E-state index in [4.69, 9.17) is 16.3 Å². The molecule has 2 N–H and O–H groups in total. The van der Waals surface area contributed by atoms with Gasteiger partial charge in [0.1, 0.15) is 5.75 Å². The Labute approximate surface area is 200 Å². The van der Waals surface area contributed by atoms with Crippen molar-refractivity contribution in [3.8, 4) is 11.6 Å². The number of nitrogens with zero attached hydrogens (tertiary/aromatic N) is 3. The van der Waals surface area contributed by atoms with Crippen LogP contribution in [0.1, 0.15) is 26.7 Å². The van der Waals surface area contributed by atoms with Crippen molar-refractivity contribution < 1.29 is 19.5 Å². The summed E-state index contributed by atoms with van der Waals surface area (Å²) in [5, 5.41) is 20.1. The Kier molecular flexibility index (Phi) is 8.67. The fraction of sp³-hybridized carbons (Fsp3) is 0.348. The van der Waals surface area contributed by atoms with Crippen molar-refractivity contribution in [3.05, 3.63) is 52.0 Å². The topological polar surface area (TPSA) is 80.6 Å². The lowest BCUT2D eigenvalue weighted by atomic mass is 10.2. The van der Waals surface area contributed by atoms with E-state index in [1.807, 2.05) is 22.8 Å². The lowest BCUT2D eigenvalue weighted by molar-refractivity contribution is -0.922. The lowest BCUT2D eigenvalue weighted by Crippen LogP contribution is -3.11. The summed E-state index contributed by atoms with van der Waals surface area (Å²) in [5.74, 6) is -0.0475. The number of hydrogen-bond acceptors (Lipinski definition) is 4. The van der Waals surface area contributed by atoms with E-state index < -0.39 is 5.91 Å².